The first-order valence-electron chi connectivity index (χ1n) is 3.73. The van der Waals surface area contributed by atoms with Crippen molar-refractivity contribution in [2.24, 2.45) is 0 Å². The third-order valence-corrected chi connectivity index (χ3v) is 1.78. The van der Waals surface area contributed by atoms with Crippen molar-refractivity contribution in [2.45, 2.75) is 31.8 Å². The Kier molecular flexibility index (Phi) is 2.49. The van der Waals surface area contributed by atoms with Crippen molar-refractivity contribution >= 4 is 0 Å². The Labute approximate surface area is 57.0 Å². The van der Waals surface area contributed by atoms with Gasteiger partial charge in [0.25, 0.3) is 0 Å². The molecule has 1 aliphatic rings. The van der Waals surface area contributed by atoms with E-state index in [1.165, 1.54) is 12.8 Å². The van der Waals surface area contributed by atoms with E-state index in [9.17, 15) is 0 Å². The fourth-order valence-corrected chi connectivity index (χ4v) is 0.733. The average Bonchev–Trinajstić information content (AvgIpc) is 2.65. The molecule has 1 saturated carbocycles. The molecule has 2 N–H and O–H groups in total. The second-order valence-electron chi connectivity index (χ2n) is 2.87. The van der Waals surface area contributed by atoms with Crippen LogP contribution in [0.2, 0.25) is 0 Å². The Bertz CT molecular complexity index is 79.0. The zero-order valence-electron chi connectivity index (χ0n) is 6.28. The zero-order chi connectivity index (χ0) is 6.69. The van der Waals surface area contributed by atoms with Crippen LogP contribution >= 0.6 is 0 Å². The van der Waals surface area contributed by atoms with E-state index in [1.54, 1.807) is 0 Å². The summed E-state index contributed by atoms with van der Waals surface area (Å²) in [6.45, 7) is 3.30. The highest BCUT2D eigenvalue weighted by Crippen LogP contribution is 2.18. The maximum atomic E-state index is 3.44. The van der Waals surface area contributed by atoms with Crippen LogP contribution in [0.3, 0.4) is 0 Å². The highest BCUT2D eigenvalue weighted by atomic mass is 15.0. The molecule has 1 rings (SSSR count). The monoisotopic (exact) mass is 128 g/mol. The lowest BCUT2D eigenvalue weighted by Crippen LogP contribution is -2.34. The molecule has 0 amide bonds. The van der Waals surface area contributed by atoms with Gasteiger partial charge in [-0.2, -0.15) is 0 Å². The van der Waals surface area contributed by atoms with Gasteiger partial charge in [0, 0.05) is 18.6 Å². The summed E-state index contributed by atoms with van der Waals surface area (Å²) in [6.07, 6.45) is 2.77. The Morgan fingerprint density at radius 2 is 2.22 bits per heavy atom. The molecule has 1 atom stereocenters. The summed E-state index contributed by atoms with van der Waals surface area (Å²) in [6, 6.07) is 1.46. The van der Waals surface area contributed by atoms with Gasteiger partial charge in [-0.1, -0.05) is 0 Å². The standard InChI is InChI=1S/C7H16N2/c1-6(8-2)5-9-7-3-4-7/h6-9H,3-5H2,1-2H3. The van der Waals surface area contributed by atoms with Crippen molar-refractivity contribution in [3.8, 4) is 0 Å². The van der Waals surface area contributed by atoms with Crippen molar-refractivity contribution in [2.75, 3.05) is 13.6 Å². The summed E-state index contributed by atoms with van der Waals surface area (Å²) in [4.78, 5) is 0. The SMILES string of the molecule is CNC(C)CNC1CC1. The summed E-state index contributed by atoms with van der Waals surface area (Å²) >= 11 is 0. The first-order valence-corrected chi connectivity index (χ1v) is 3.73. The molecule has 0 aromatic carbocycles. The van der Waals surface area contributed by atoms with Gasteiger partial charge in [0.1, 0.15) is 0 Å². The number of rotatable bonds is 4. The van der Waals surface area contributed by atoms with Gasteiger partial charge >= 0.3 is 0 Å². The first-order chi connectivity index (χ1) is 4.33. The summed E-state index contributed by atoms with van der Waals surface area (Å²) in [5, 5.41) is 6.63. The molecule has 0 bridgehead atoms. The molecule has 2 nitrogen and oxygen atoms in total. The van der Waals surface area contributed by atoms with Crippen molar-refractivity contribution in [1.82, 2.24) is 10.6 Å². The van der Waals surface area contributed by atoms with E-state index >= 15 is 0 Å². The van der Waals surface area contributed by atoms with Gasteiger partial charge < -0.3 is 10.6 Å². The van der Waals surface area contributed by atoms with Crippen molar-refractivity contribution in [3.63, 3.8) is 0 Å². The van der Waals surface area contributed by atoms with E-state index in [2.05, 4.69) is 17.6 Å². The number of likely N-dealkylation sites (N-methyl/N-ethyl adjacent to an activating group) is 1. The van der Waals surface area contributed by atoms with Crippen LogP contribution in [0.25, 0.3) is 0 Å². The van der Waals surface area contributed by atoms with Gasteiger partial charge in [-0.05, 0) is 26.8 Å². The molecule has 54 valence electrons. The van der Waals surface area contributed by atoms with Crippen LogP contribution in [0.15, 0.2) is 0 Å². The Morgan fingerprint density at radius 1 is 1.56 bits per heavy atom. The maximum absolute atomic E-state index is 3.44. The molecular weight excluding hydrogens is 112 g/mol. The topological polar surface area (TPSA) is 24.1 Å². The largest absolute Gasteiger partial charge is 0.316 e. The Balaban J connectivity index is 1.90. The van der Waals surface area contributed by atoms with Crippen LogP contribution in [0.5, 0.6) is 0 Å². The van der Waals surface area contributed by atoms with Crippen molar-refractivity contribution < 1.29 is 0 Å². The smallest absolute Gasteiger partial charge is 0.0161 e. The van der Waals surface area contributed by atoms with Crippen LogP contribution in [0, 0.1) is 0 Å². The molecule has 0 spiro atoms. The minimum absolute atomic E-state index is 0.616. The predicted octanol–water partition coefficient (Wildman–Crippen LogP) is 0.346. The van der Waals surface area contributed by atoms with E-state index in [0.717, 1.165) is 12.6 Å². The molecule has 0 saturated heterocycles. The third kappa shape index (κ3) is 2.82. The summed E-state index contributed by atoms with van der Waals surface area (Å²) in [5.74, 6) is 0. The van der Waals surface area contributed by atoms with Gasteiger partial charge in [0.05, 0.1) is 0 Å². The van der Waals surface area contributed by atoms with E-state index in [0.29, 0.717) is 6.04 Å². The highest BCUT2D eigenvalue weighted by molar-refractivity contribution is 4.81. The molecule has 0 aromatic heterocycles. The molecule has 1 fully saturated rings. The molecule has 0 radical (unpaired) electrons. The van der Waals surface area contributed by atoms with E-state index in [4.69, 9.17) is 0 Å². The molecule has 1 aliphatic carbocycles. The second-order valence-corrected chi connectivity index (χ2v) is 2.87. The molecule has 9 heavy (non-hydrogen) atoms. The summed E-state index contributed by atoms with van der Waals surface area (Å²) in [7, 11) is 2.00. The van der Waals surface area contributed by atoms with Crippen LogP contribution < -0.4 is 10.6 Å². The van der Waals surface area contributed by atoms with E-state index < -0.39 is 0 Å². The van der Waals surface area contributed by atoms with Crippen molar-refractivity contribution in [3.05, 3.63) is 0 Å². The normalized spacial score (nSPS) is 22.0. The summed E-state index contributed by atoms with van der Waals surface area (Å²) < 4.78 is 0. The van der Waals surface area contributed by atoms with Gasteiger partial charge in [-0.25, -0.2) is 0 Å². The minimum Gasteiger partial charge on any atom is -0.316 e. The maximum Gasteiger partial charge on any atom is 0.0161 e. The van der Waals surface area contributed by atoms with Crippen molar-refractivity contribution in [1.29, 1.82) is 0 Å². The van der Waals surface area contributed by atoms with Gasteiger partial charge in [-0.3, -0.25) is 0 Å². The average molecular weight is 128 g/mol. The quantitative estimate of drug-likeness (QED) is 0.570. The Morgan fingerprint density at radius 3 is 2.67 bits per heavy atom. The fourth-order valence-electron chi connectivity index (χ4n) is 0.733. The molecule has 2 heteroatoms. The Hall–Kier alpha value is -0.0800. The van der Waals surface area contributed by atoms with Crippen LogP contribution in [0.4, 0.5) is 0 Å². The molecule has 1 unspecified atom stereocenters. The predicted molar refractivity (Wildman–Crippen MR) is 39.5 cm³/mol. The number of hydrogen-bond acceptors (Lipinski definition) is 2. The number of hydrogen-bond donors (Lipinski definition) is 2. The second kappa shape index (κ2) is 3.18. The lowest BCUT2D eigenvalue weighted by Gasteiger charge is -2.09. The van der Waals surface area contributed by atoms with E-state index in [-0.39, 0.29) is 0 Å². The number of nitrogens with one attached hydrogen (secondary N) is 2. The van der Waals surface area contributed by atoms with Crippen LogP contribution in [-0.4, -0.2) is 25.7 Å². The van der Waals surface area contributed by atoms with Gasteiger partial charge in [-0.15, -0.1) is 0 Å². The van der Waals surface area contributed by atoms with Gasteiger partial charge in [0.2, 0.25) is 0 Å². The van der Waals surface area contributed by atoms with Gasteiger partial charge in [0.15, 0.2) is 0 Å². The minimum atomic E-state index is 0.616. The summed E-state index contributed by atoms with van der Waals surface area (Å²) in [5.41, 5.74) is 0. The molecule has 0 aromatic rings. The molecular formula is C7H16N2. The lowest BCUT2D eigenvalue weighted by atomic mass is 10.3. The third-order valence-electron chi connectivity index (χ3n) is 1.78. The van der Waals surface area contributed by atoms with Crippen LogP contribution in [-0.2, 0) is 0 Å². The lowest BCUT2D eigenvalue weighted by molar-refractivity contribution is 0.539. The zero-order valence-corrected chi connectivity index (χ0v) is 6.28. The molecule has 0 heterocycles. The van der Waals surface area contributed by atoms with E-state index in [1.807, 2.05) is 7.05 Å². The van der Waals surface area contributed by atoms with Crippen LogP contribution in [0.1, 0.15) is 19.8 Å². The fraction of sp³-hybridized carbons (Fsp3) is 1.00. The molecule has 0 aliphatic heterocycles. The first kappa shape index (κ1) is 7.03. The highest BCUT2D eigenvalue weighted by Gasteiger charge is 2.20.